The lowest BCUT2D eigenvalue weighted by atomic mass is 10.1. The van der Waals surface area contributed by atoms with Gasteiger partial charge in [-0.2, -0.15) is 0 Å². The van der Waals surface area contributed by atoms with Crippen LogP contribution in [0.15, 0.2) is 0 Å². The van der Waals surface area contributed by atoms with Crippen LogP contribution in [0.5, 0.6) is 0 Å². The van der Waals surface area contributed by atoms with Gasteiger partial charge in [0.15, 0.2) is 0 Å². The Bertz CT molecular complexity index is 281. The predicted octanol–water partition coefficient (Wildman–Crippen LogP) is 4.33. The monoisotopic (exact) mass is 350 g/mol. The van der Waals surface area contributed by atoms with Gasteiger partial charge in [0.05, 0.1) is 13.2 Å². The zero-order valence-corrected chi connectivity index (χ0v) is 15.9. The van der Waals surface area contributed by atoms with E-state index >= 15 is 0 Å². The maximum atomic E-state index is 11.5. The number of ether oxygens (including phenoxy) is 2. The Morgan fingerprint density at radius 3 is 1.50 bits per heavy atom. The van der Waals surface area contributed by atoms with Gasteiger partial charge in [-0.15, -0.1) is 0 Å². The summed E-state index contributed by atoms with van der Waals surface area (Å²) in [6.07, 6.45) is 4.01. The van der Waals surface area contributed by atoms with Gasteiger partial charge in [-0.05, 0) is 24.7 Å². The molecule has 0 radical (unpaired) electrons. The van der Waals surface area contributed by atoms with Crippen LogP contribution in [0.3, 0.4) is 0 Å². The van der Waals surface area contributed by atoms with Crippen molar-refractivity contribution in [2.75, 3.05) is 24.7 Å². The van der Waals surface area contributed by atoms with E-state index in [9.17, 15) is 9.59 Å². The lowest BCUT2D eigenvalue weighted by Crippen LogP contribution is -2.11. The Balaban J connectivity index is 3.47. The molecule has 4 nitrogen and oxygen atoms in total. The highest BCUT2D eigenvalue weighted by Crippen LogP contribution is 2.21. The van der Waals surface area contributed by atoms with Crippen molar-refractivity contribution in [3.8, 4) is 0 Å². The molecule has 0 heterocycles. The molecule has 0 aromatic heterocycles. The van der Waals surface area contributed by atoms with Gasteiger partial charge in [-0.25, -0.2) is 0 Å². The Labute approximate surface area is 142 Å². The predicted molar refractivity (Wildman–Crippen MR) is 95.0 cm³/mol. The molecule has 2 atom stereocenters. The first-order valence-electron chi connectivity index (χ1n) is 8.05. The quantitative estimate of drug-likeness (QED) is 0.280. The van der Waals surface area contributed by atoms with Crippen molar-refractivity contribution in [2.24, 2.45) is 11.8 Å². The van der Waals surface area contributed by atoms with Crippen LogP contribution >= 0.6 is 21.6 Å². The number of hydrogen-bond acceptors (Lipinski definition) is 6. The minimum Gasteiger partial charge on any atom is -0.465 e. The van der Waals surface area contributed by atoms with Gasteiger partial charge in [0.25, 0.3) is 0 Å². The second-order valence-electron chi connectivity index (χ2n) is 5.57. The molecule has 0 amide bonds. The smallest absolute Gasteiger partial charge is 0.316 e. The molecule has 0 bridgehead atoms. The van der Waals surface area contributed by atoms with Gasteiger partial charge in [-0.1, -0.05) is 62.1 Å². The summed E-state index contributed by atoms with van der Waals surface area (Å²) >= 11 is 0. The van der Waals surface area contributed by atoms with Crippen LogP contribution in [0, 0.1) is 11.8 Å². The van der Waals surface area contributed by atoms with Gasteiger partial charge in [-0.3, -0.25) is 9.59 Å². The zero-order chi connectivity index (χ0) is 16.8. The molecular formula is C16H30O4S2. The van der Waals surface area contributed by atoms with Crippen molar-refractivity contribution < 1.29 is 19.1 Å². The first-order chi connectivity index (χ1) is 10.5. The lowest BCUT2D eigenvalue weighted by molar-refractivity contribution is -0.141. The van der Waals surface area contributed by atoms with E-state index in [1.165, 1.54) is 21.6 Å². The average molecular weight is 351 g/mol. The van der Waals surface area contributed by atoms with E-state index in [0.717, 1.165) is 25.7 Å². The molecule has 0 N–H and O–H groups in total. The van der Waals surface area contributed by atoms with Crippen molar-refractivity contribution >= 4 is 33.5 Å². The van der Waals surface area contributed by atoms with E-state index in [2.05, 4.69) is 27.7 Å². The fourth-order valence-corrected chi connectivity index (χ4v) is 3.02. The number of carbonyl (C=O) groups excluding carboxylic acids is 2. The second kappa shape index (κ2) is 14.2. The molecule has 0 aliphatic heterocycles. The van der Waals surface area contributed by atoms with Crippen molar-refractivity contribution in [2.45, 2.75) is 53.4 Å². The standard InChI is InChI=1S/C16H30O4S2/c1-5-13(3)7-9-19-15(17)11-21-22-12-16(18)20-10-8-14(4)6-2/h13-14H,5-12H2,1-4H3. The van der Waals surface area contributed by atoms with Crippen molar-refractivity contribution in [3.05, 3.63) is 0 Å². The Morgan fingerprint density at radius 2 is 1.18 bits per heavy atom. The number of hydrogen-bond donors (Lipinski definition) is 0. The van der Waals surface area contributed by atoms with Crippen molar-refractivity contribution in [3.63, 3.8) is 0 Å². The van der Waals surface area contributed by atoms with Crippen molar-refractivity contribution in [1.82, 2.24) is 0 Å². The summed E-state index contributed by atoms with van der Waals surface area (Å²) in [5, 5.41) is 0. The summed E-state index contributed by atoms with van der Waals surface area (Å²) in [6.45, 7) is 9.51. The fraction of sp³-hybridized carbons (Fsp3) is 0.875. The summed E-state index contributed by atoms with van der Waals surface area (Å²) in [5.74, 6) is 1.27. The molecule has 22 heavy (non-hydrogen) atoms. The molecule has 0 aromatic rings. The first-order valence-corrected chi connectivity index (χ1v) is 10.5. The maximum absolute atomic E-state index is 11.5. The summed E-state index contributed by atoms with van der Waals surface area (Å²) in [6, 6.07) is 0. The summed E-state index contributed by atoms with van der Waals surface area (Å²) in [7, 11) is 2.68. The van der Waals surface area contributed by atoms with Crippen LogP contribution in [-0.2, 0) is 19.1 Å². The molecule has 0 saturated heterocycles. The highest BCUT2D eigenvalue weighted by Gasteiger charge is 2.08. The molecule has 0 saturated carbocycles. The first kappa shape index (κ1) is 21.6. The van der Waals surface area contributed by atoms with Crippen LogP contribution in [0.25, 0.3) is 0 Å². The number of rotatable bonds is 13. The Hall–Kier alpha value is -0.360. The highest BCUT2D eigenvalue weighted by atomic mass is 33.1. The van der Waals surface area contributed by atoms with E-state index in [1.807, 2.05) is 0 Å². The molecule has 0 aromatic carbocycles. The van der Waals surface area contributed by atoms with Crippen LogP contribution in [0.2, 0.25) is 0 Å². The fourth-order valence-electron chi connectivity index (χ4n) is 1.42. The van der Waals surface area contributed by atoms with Crippen LogP contribution in [0.1, 0.15) is 53.4 Å². The molecule has 0 spiro atoms. The van der Waals surface area contributed by atoms with E-state index in [-0.39, 0.29) is 23.4 Å². The molecule has 0 rings (SSSR count). The maximum Gasteiger partial charge on any atom is 0.316 e. The Morgan fingerprint density at radius 1 is 0.818 bits per heavy atom. The van der Waals surface area contributed by atoms with Gasteiger partial charge >= 0.3 is 11.9 Å². The highest BCUT2D eigenvalue weighted by molar-refractivity contribution is 8.77. The lowest BCUT2D eigenvalue weighted by Gasteiger charge is -2.09. The van der Waals surface area contributed by atoms with E-state index in [1.54, 1.807) is 0 Å². The van der Waals surface area contributed by atoms with E-state index in [0.29, 0.717) is 25.0 Å². The topological polar surface area (TPSA) is 52.6 Å². The van der Waals surface area contributed by atoms with E-state index < -0.39 is 0 Å². The summed E-state index contributed by atoms with van der Waals surface area (Å²) in [4.78, 5) is 22.9. The van der Waals surface area contributed by atoms with Gasteiger partial charge < -0.3 is 9.47 Å². The SMILES string of the molecule is CCC(C)CCOC(=O)CSSCC(=O)OCCC(C)CC. The van der Waals surface area contributed by atoms with Crippen molar-refractivity contribution in [1.29, 1.82) is 0 Å². The molecular weight excluding hydrogens is 320 g/mol. The third-order valence-electron chi connectivity index (χ3n) is 3.58. The van der Waals surface area contributed by atoms with Gasteiger partial charge in [0, 0.05) is 0 Å². The number of esters is 2. The average Bonchev–Trinajstić information content (AvgIpc) is 2.51. The summed E-state index contributed by atoms with van der Waals surface area (Å²) in [5.41, 5.74) is 0. The third-order valence-corrected chi connectivity index (χ3v) is 5.66. The zero-order valence-electron chi connectivity index (χ0n) is 14.3. The largest absolute Gasteiger partial charge is 0.465 e. The molecule has 0 aliphatic carbocycles. The van der Waals surface area contributed by atoms with Gasteiger partial charge in [0.1, 0.15) is 11.5 Å². The second-order valence-corrected chi connectivity index (χ2v) is 8.03. The number of carbonyl (C=O) groups is 2. The molecule has 0 fully saturated rings. The molecule has 2 unspecified atom stereocenters. The van der Waals surface area contributed by atoms with Gasteiger partial charge in [0.2, 0.25) is 0 Å². The van der Waals surface area contributed by atoms with Crippen LogP contribution < -0.4 is 0 Å². The Kier molecular flexibility index (Phi) is 14.0. The molecule has 0 aliphatic rings. The minimum absolute atomic E-state index is 0.217. The van der Waals surface area contributed by atoms with Crippen LogP contribution in [-0.4, -0.2) is 36.7 Å². The molecule has 6 heteroatoms. The van der Waals surface area contributed by atoms with Crippen LogP contribution in [0.4, 0.5) is 0 Å². The normalized spacial score (nSPS) is 13.5. The third kappa shape index (κ3) is 13.3. The minimum atomic E-state index is -0.217. The van der Waals surface area contributed by atoms with E-state index in [4.69, 9.17) is 9.47 Å². The molecule has 130 valence electrons. The summed E-state index contributed by atoms with van der Waals surface area (Å²) < 4.78 is 10.3.